The molecular weight excluding hydrogens is 299 g/mol. The SMILES string of the molecule is C/C(=N\NC(=O)C(C)Oc1ccc(Cl)cc1Cl)C1CC1. The summed E-state index contributed by atoms with van der Waals surface area (Å²) in [7, 11) is 0. The lowest BCUT2D eigenvalue weighted by molar-refractivity contribution is -0.127. The van der Waals surface area contributed by atoms with Gasteiger partial charge in [-0.2, -0.15) is 5.10 Å². The normalized spacial score (nSPS) is 16.7. The van der Waals surface area contributed by atoms with Gasteiger partial charge in [0, 0.05) is 10.7 Å². The molecule has 1 fully saturated rings. The van der Waals surface area contributed by atoms with Crippen molar-refractivity contribution in [3.63, 3.8) is 0 Å². The Morgan fingerprint density at radius 1 is 1.45 bits per heavy atom. The number of hydrogen-bond acceptors (Lipinski definition) is 3. The van der Waals surface area contributed by atoms with Crippen LogP contribution in [0.15, 0.2) is 23.3 Å². The molecule has 1 amide bonds. The molecule has 6 heteroatoms. The van der Waals surface area contributed by atoms with Crippen molar-refractivity contribution in [1.29, 1.82) is 0 Å². The van der Waals surface area contributed by atoms with E-state index in [1.165, 1.54) is 0 Å². The van der Waals surface area contributed by atoms with Crippen LogP contribution in [0.3, 0.4) is 0 Å². The molecule has 2 rings (SSSR count). The predicted molar refractivity (Wildman–Crippen MR) is 80.5 cm³/mol. The summed E-state index contributed by atoms with van der Waals surface area (Å²) in [4.78, 5) is 11.9. The third kappa shape index (κ3) is 4.12. The summed E-state index contributed by atoms with van der Waals surface area (Å²) in [5.41, 5.74) is 3.46. The number of nitrogens with one attached hydrogen (secondary N) is 1. The average molecular weight is 315 g/mol. The quantitative estimate of drug-likeness (QED) is 0.666. The van der Waals surface area contributed by atoms with Crippen LogP contribution in [0.5, 0.6) is 5.75 Å². The molecule has 1 aromatic carbocycles. The first-order valence-electron chi connectivity index (χ1n) is 6.43. The first kappa shape index (κ1) is 15.1. The molecule has 0 saturated heterocycles. The van der Waals surface area contributed by atoms with Crippen LogP contribution in [0, 0.1) is 5.92 Å². The Labute approximate surface area is 128 Å². The Bertz CT molecular complexity index is 542. The van der Waals surface area contributed by atoms with Gasteiger partial charge in [0.15, 0.2) is 6.10 Å². The Balaban J connectivity index is 1.91. The van der Waals surface area contributed by atoms with Crippen molar-refractivity contribution in [2.24, 2.45) is 11.0 Å². The summed E-state index contributed by atoms with van der Waals surface area (Å²) in [6.07, 6.45) is 1.61. The van der Waals surface area contributed by atoms with Crippen LogP contribution >= 0.6 is 23.2 Å². The molecule has 20 heavy (non-hydrogen) atoms. The van der Waals surface area contributed by atoms with Gasteiger partial charge in [-0.1, -0.05) is 23.2 Å². The summed E-state index contributed by atoms with van der Waals surface area (Å²) in [5, 5.41) is 4.96. The van der Waals surface area contributed by atoms with E-state index in [1.54, 1.807) is 25.1 Å². The Morgan fingerprint density at radius 2 is 2.15 bits per heavy atom. The van der Waals surface area contributed by atoms with E-state index in [-0.39, 0.29) is 5.91 Å². The highest BCUT2D eigenvalue weighted by molar-refractivity contribution is 6.35. The smallest absolute Gasteiger partial charge is 0.280 e. The summed E-state index contributed by atoms with van der Waals surface area (Å²) in [6, 6.07) is 4.86. The Hall–Kier alpha value is -1.26. The number of ether oxygens (including phenoxy) is 1. The highest BCUT2D eigenvalue weighted by Crippen LogP contribution is 2.30. The summed E-state index contributed by atoms with van der Waals surface area (Å²) < 4.78 is 5.50. The molecule has 1 aliphatic carbocycles. The van der Waals surface area contributed by atoms with Crippen LogP contribution in [0.2, 0.25) is 10.0 Å². The number of nitrogens with zero attached hydrogens (tertiary/aromatic N) is 1. The van der Waals surface area contributed by atoms with Crippen molar-refractivity contribution in [1.82, 2.24) is 5.43 Å². The highest BCUT2D eigenvalue weighted by atomic mass is 35.5. The maximum absolute atomic E-state index is 11.9. The first-order valence-corrected chi connectivity index (χ1v) is 7.18. The fourth-order valence-electron chi connectivity index (χ4n) is 1.64. The van der Waals surface area contributed by atoms with Gasteiger partial charge in [0.2, 0.25) is 0 Å². The second-order valence-corrected chi connectivity index (χ2v) is 5.68. The molecule has 1 atom stereocenters. The zero-order chi connectivity index (χ0) is 14.7. The van der Waals surface area contributed by atoms with E-state index in [1.807, 2.05) is 6.92 Å². The molecule has 0 heterocycles. The molecule has 1 unspecified atom stereocenters. The molecule has 0 radical (unpaired) electrons. The van der Waals surface area contributed by atoms with E-state index in [4.69, 9.17) is 27.9 Å². The third-order valence-corrected chi connectivity index (χ3v) is 3.61. The van der Waals surface area contributed by atoms with Crippen molar-refractivity contribution in [2.75, 3.05) is 0 Å². The lowest BCUT2D eigenvalue weighted by Crippen LogP contribution is -2.34. The molecule has 1 saturated carbocycles. The highest BCUT2D eigenvalue weighted by Gasteiger charge is 2.25. The summed E-state index contributed by atoms with van der Waals surface area (Å²) in [5.74, 6) is 0.634. The summed E-state index contributed by atoms with van der Waals surface area (Å²) >= 11 is 11.8. The van der Waals surface area contributed by atoms with Gasteiger partial charge in [-0.25, -0.2) is 5.43 Å². The van der Waals surface area contributed by atoms with Gasteiger partial charge in [0.25, 0.3) is 5.91 Å². The van der Waals surface area contributed by atoms with Crippen LogP contribution in [0.4, 0.5) is 0 Å². The fraction of sp³-hybridized carbons (Fsp3) is 0.429. The lowest BCUT2D eigenvalue weighted by Gasteiger charge is -2.14. The van der Waals surface area contributed by atoms with Gasteiger partial charge in [-0.15, -0.1) is 0 Å². The van der Waals surface area contributed by atoms with E-state index in [0.717, 1.165) is 18.6 Å². The van der Waals surface area contributed by atoms with Crippen molar-refractivity contribution in [3.8, 4) is 5.75 Å². The van der Waals surface area contributed by atoms with Gasteiger partial charge < -0.3 is 4.74 Å². The number of amides is 1. The summed E-state index contributed by atoms with van der Waals surface area (Å²) in [6.45, 7) is 3.56. The van der Waals surface area contributed by atoms with Crippen LogP contribution in [0.25, 0.3) is 0 Å². The second-order valence-electron chi connectivity index (χ2n) is 4.84. The number of hydrogen-bond donors (Lipinski definition) is 1. The second kappa shape index (κ2) is 6.46. The maximum atomic E-state index is 11.9. The largest absolute Gasteiger partial charge is 0.479 e. The van der Waals surface area contributed by atoms with Crippen molar-refractivity contribution in [2.45, 2.75) is 32.8 Å². The van der Waals surface area contributed by atoms with E-state index < -0.39 is 6.10 Å². The minimum Gasteiger partial charge on any atom is -0.479 e. The van der Waals surface area contributed by atoms with Gasteiger partial charge in [-0.3, -0.25) is 4.79 Å². The number of carbonyl (C=O) groups is 1. The first-order chi connectivity index (χ1) is 9.47. The lowest BCUT2D eigenvalue weighted by atomic mass is 10.3. The zero-order valence-electron chi connectivity index (χ0n) is 11.3. The van der Waals surface area contributed by atoms with Crippen LogP contribution in [-0.2, 0) is 4.79 Å². The molecule has 4 nitrogen and oxygen atoms in total. The predicted octanol–water partition coefficient (Wildman–Crippen LogP) is 3.66. The Kier molecular flexibility index (Phi) is 4.89. The van der Waals surface area contributed by atoms with E-state index in [9.17, 15) is 4.79 Å². The van der Waals surface area contributed by atoms with Crippen molar-refractivity contribution in [3.05, 3.63) is 28.2 Å². The molecular formula is C14H16Cl2N2O2. The van der Waals surface area contributed by atoms with E-state index >= 15 is 0 Å². The molecule has 0 spiro atoms. The van der Waals surface area contributed by atoms with Crippen LogP contribution in [0.1, 0.15) is 26.7 Å². The minimum atomic E-state index is -0.690. The fourth-order valence-corrected chi connectivity index (χ4v) is 2.09. The molecule has 1 aromatic rings. The van der Waals surface area contributed by atoms with E-state index in [2.05, 4.69) is 10.5 Å². The molecule has 1 N–H and O–H groups in total. The van der Waals surface area contributed by atoms with Crippen LogP contribution in [-0.4, -0.2) is 17.7 Å². The van der Waals surface area contributed by atoms with E-state index in [0.29, 0.717) is 21.7 Å². The van der Waals surface area contributed by atoms with Gasteiger partial charge >= 0.3 is 0 Å². The molecule has 0 bridgehead atoms. The number of hydrazone groups is 1. The number of halogens is 2. The minimum absolute atomic E-state index is 0.309. The third-order valence-electron chi connectivity index (χ3n) is 3.08. The van der Waals surface area contributed by atoms with Crippen molar-refractivity contribution >= 4 is 34.8 Å². The molecule has 0 aliphatic heterocycles. The number of carbonyl (C=O) groups excluding carboxylic acids is 1. The monoisotopic (exact) mass is 314 g/mol. The molecule has 1 aliphatic rings. The van der Waals surface area contributed by atoms with Crippen molar-refractivity contribution < 1.29 is 9.53 Å². The van der Waals surface area contributed by atoms with Gasteiger partial charge in [0.05, 0.1) is 5.02 Å². The number of rotatable bonds is 5. The van der Waals surface area contributed by atoms with Gasteiger partial charge in [0.1, 0.15) is 5.75 Å². The molecule has 0 aromatic heterocycles. The Morgan fingerprint density at radius 3 is 2.75 bits per heavy atom. The standard InChI is InChI=1S/C14H16Cl2N2O2/c1-8(10-3-4-10)17-18-14(19)9(2)20-13-6-5-11(15)7-12(13)16/h5-7,9-10H,3-4H2,1-2H3,(H,18,19)/b17-8+. The average Bonchev–Trinajstić information content (AvgIpc) is 3.23. The zero-order valence-corrected chi connectivity index (χ0v) is 12.8. The van der Waals surface area contributed by atoms with Gasteiger partial charge in [-0.05, 0) is 50.8 Å². The number of benzene rings is 1. The topological polar surface area (TPSA) is 50.7 Å². The van der Waals surface area contributed by atoms with Crippen LogP contribution < -0.4 is 10.2 Å². The molecule has 108 valence electrons. The maximum Gasteiger partial charge on any atom is 0.280 e.